The Morgan fingerprint density at radius 1 is 1.00 bits per heavy atom. The highest BCUT2D eigenvalue weighted by molar-refractivity contribution is 5.93. The summed E-state index contributed by atoms with van der Waals surface area (Å²) in [5.74, 6) is 0.0627. The van der Waals surface area contributed by atoms with Gasteiger partial charge in [0.2, 0.25) is 5.91 Å². The first kappa shape index (κ1) is 21.2. The molecule has 3 rings (SSSR count). The van der Waals surface area contributed by atoms with Crippen molar-refractivity contribution in [3.8, 4) is 0 Å². The molecule has 1 heterocycles. The molecular weight excluding hydrogens is 360 g/mol. The van der Waals surface area contributed by atoms with Crippen molar-refractivity contribution in [2.45, 2.75) is 27.7 Å². The second kappa shape index (κ2) is 9.79. The predicted molar refractivity (Wildman–Crippen MR) is 123 cm³/mol. The van der Waals surface area contributed by atoms with E-state index in [9.17, 15) is 4.79 Å². The van der Waals surface area contributed by atoms with Crippen LogP contribution in [0.1, 0.15) is 25.0 Å². The number of nitrogens with one attached hydrogen (secondary N) is 1. The van der Waals surface area contributed by atoms with Crippen LogP contribution in [0.3, 0.4) is 0 Å². The summed E-state index contributed by atoms with van der Waals surface area (Å²) in [4.78, 5) is 19.5. The fourth-order valence-electron chi connectivity index (χ4n) is 3.96. The first-order chi connectivity index (χ1) is 14.0. The van der Waals surface area contributed by atoms with E-state index >= 15 is 0 Å². The van der Waals surface area contributed by atoms with E-state index in [-0.39, 0.29) is 5.91 Å². The lowest BCUT2D eigenvalue weighted by atomic mass is 10.1. The third-order valence-corrected chi connectivity index (χ3v) is 5.72. The lowest BCUT2D eigenvalue weighted by Gasteiger charge is -2.35. The second-order valence-corrected chi connectivity index (χ2v) is 7.82. The molecular formula is C24H34N4O. The average Bonchev–Trinajstić information content (AvgIpc) is 2.71. The van der Waals surface area contributed by atoms with Gasteiger partial charge in [0.15, 0.2) is 0 Å². The minimum atomic E-state index is 0.0627. The molecule has 0 bridgehead atoms. The lowest BCUT2D eigenvalue weighted by molar-refractivity contribution is -0.117. The molecule has 1 saturated heterocycles. The van der Waals surface area contributed by atoms with E-state index in [2.05, 4.69) is 84.1 Å². The molecule has 0 radical (unpaired) electrons. The topological polar surface area (TPSA) is 38.8 Å². The third-order valence-electron chi connectivity index (χ3n) is 5.72. The Hall–Kier alpha value is -2.53. The van der Waals surface area contributed by atoms with Crippen LogP contribution in [0.25, 0.3) is 0 Å². The summed E-state index contributed by atoms with van der Waals surface area (Å²) in [6.07, 6.45) is 0. The number of aryl methyl sites for hydroxylation is 2. The van der Waals surface area contributed by atoms with Gasteiger partial charge in [0.1, 0.15) is 0 Å². The van der Waals surface area contributed by atoms with Crippen LogP contribution < -0.4 is 15.1 Å². The largest absolute Gasteiger partial charge is 0.372 e. The molecule has 0 aromatic heterocycles. The van der Waals surface area contributed by atoms with Crippen LogP contribution in [-0.4, -0.2) is 56.6 Å². The molecule has 0 unspecified atom stereocenters. The number of benzene rings is 2. The minimum Gasteiger partial charge on any atom is -0.372 e. The van der Waals surface area contributed by atoms with Crippen molar-refractivity contribution in [2.75, 3.05) is 60.9 Å². The van der Waals surface area contributed by atoms with Crippen molar-refractivity contribution < 1.29 is 4.79 Å². The Labute approximate surface area is 175 Å². The molecule has 5 heteroatoms. The van der Waals surface area contributed by atoms with Gasteiger partial charge in [0.25, 0.3) is 0 Å². The van der Waals surface area contributed by atoms with E-state index in [0.29, 0.717) is 6.54 Å². The van der Waals surface area contributed by atoms with Gasteiger partial charge in [-0.15, -0.1) is 0 Å². The normalized spacial score (nSPS) is 14.7. The number of anilines is 3. The molecule has 0 atom stereocenters. The summed E-state index contributed by atoms with van der Waals surface area (Å²) < 4.78 is 0. The van der Waals surface area contributed by atoms with Gasteiger partial charge < -0.3 is 15.1 Å². The molecule has 5 nitrogen and oxygen atoms in total. The lowest BCUT2D eigenvalue weighted by Crippen LogP contribution is -2.48. The second-order valence-electron chi connectivity index (χ2n) is 7.82. The van der Waals surface area contributed by atoms with Crippen molar-refractivity contribution in [2.24, 2.45) is 0 Å². The molecule has 1 N–H and O–H groups in total. The SMILES string of the molecule is CCN(CC)c1ccc(NC(=O)CN2CCN(c3cccc(C)c3)CC2)c(C)c1. The average molecular weight is 395 g/mol. The van der Waals surface area contributed by atoms with Crippen LogP contribution in [-0.2, 0) is 4.79 Å². The Morgan fingerprint density at radius 3 is 2.34 bits per heavy atom. The molecule has 1 aliphatic heterocycles. The van der Waals surface area contributed by atoms with Gasteiger partial charge >= 0.3 is 0 Å². The zero-order valence-corrected chi connectivity index (χ0v) is 18.2. The van der Waals surface area contributed by atoms with Crippen molar-refractivity contribution in [3.63, 3.8) is 0 Å². The summed E-state index contributed by atoms with van der Waals surface area (Å²) in [6, 6.07) is 14.9. The maximum atomic E-state index is 12.6. The highest BCUT2D eigenvalue weighted by atomic mass is 16.2. The monoisotopic (exact) mass is 394 g/mol. The fourth-order valence-corrected chi connectivity index (χ4v) is 3.96. The van der Waals surface area contributed by atoms with E-state index in [1.165, 1.54) is 16.9 Å². The molecule has 0 saturated carbocycles. The van der Waals surface area contributed by atoms with Crippen LogP contribution >= 0.6 is 0 Å². The maximum Gasteiger partial charge on any atom is 0.238 e. The molecule has 0 spiro atoms. The van der Waals surface area contributed by atoms with E-state index in [4.69, 9.17) is 0 Å². The standard InChI is InChI=1S/C24H34N4O/c1-5-27(6-2)22-10-11-23(20(4)17-22)25-24(29)18-26-12-14-28(15-13-26)21-9-7-8-19(3)16-21/h7-11,16-17H,5-6,12-15,18H2,1-4H3,(H,25,29). The zero-order valence-electron chi connectivity index (χ0n) is 18.2. The maximum absolute atomic E-state index is 12.6. The quantitative estimate of drug-likeness (QED) is 0.773. The van der Waals surface area contributed by atoms with E-state index in [0.717, 1.165) is 50.5 Å². The first-order valence-corrected chi connectivity index (χ1v) is 10.7. The highest BCUT2D eigenvalue weighted by Gasteiger charge is 2.19. The number of carbonyl (C=O) groups excluding carboxylic acids is 1. The smallest absolute Gasteiger partial charge is 0.238 e. The van der Waals surface area contributed by atoms with E-state index < -0.39 is 0 Å². The molecule has 0 aliphatic carbocycles. The predicted octanol–water partition coefficient (Wildman–Crippen LogP) is 3.91. The molecule has 29 heavy (non-hydrogen) atoms. The van der Waals surface area contributed by atoms with Crippen LogP contribution in [0.15, 0.2) is 42.5 Å². The summed E-state index contributed by atoms with van der Waals surface area (Å²) in [7, 11) is 0. The van der Waals surface area contributed by atoms with Gasteiger partial charge in [-0.05, 0) is 69.2 Å². The van der Waals surface area contributed by atoms with Gasteiger partial charge in [-0.2, -0.15) is 0 Å². The van der Waals surface area contributed by atoms with Crippen LogP contribution in [0.2, 0.25) is 0 Å². The first-order valence-electron chi connectivity index (χ1n) is 10.7. The van der Waals surface area contributed by atoms with E-state index in [1.54, 1.807) is 0 Å². The third kappa shape index (κ3) is 5.51. The molecule has 156 valence electrons. The van der Waals surface area contributed by atoms with Crippen molar-refractivity contribution in [1.82, 2.24) is 4.90 Å². The number of nitrogens with zero attached hydrogens (tertiary/aromatic N) is 3. The number of rotatable bonds is 7. The van der Waals surface area contributed by atoms with Gasteiger partial charge in [-0.3, -0.25) is 9.69 Å². The number of hydrogen-bond donors (Lipinski definition) is 1. The number of hydrogen-bond acceptors (Lipinski definition) is 4. The van der Waals surface area contributed by atoms with Crippen molar-refractivity contribution in [1.29, 1.82) is 0 Å². The number of carbonyl (C=O) groups is 1. The Kier molecular flexibility index (Phi) is 7.15. The Morgan fingerprint density at radius 2 is 1.72 bits per heavy atom. The van der Waals surface area contributed by atoms with Crippen LogP contribution in [0.4, 0.5) is 17.1 Å². The summed E-state index contributed by atoms with van der Waals surface area (Å²) in [5.41, 5.74) is 5.78. The summed E-state index contributed by atoms with van der Waals surface area (Å²) in [6.45, 7) is 14.6. The van der Waals surface area contributed by atoms with Crippen LogP contribution in [0.5, 0.6) is 0 Å². The molecule has 2 aromatic carbocycles. The summed E-state index contributed by atoms with van der Waals surface area (Å²) in [5, 5.41) is 3.10. The fraction of sp³-hybridized carbons (Fsp3) is 0.458. The minimum absolute atomic E-state index is 0.0627. The van der Waals surface area contributed by atoms with Gasteiger partial charge in [0.05, 0.1) is 6.54 Å². The number of piperazine rings is 1. The summed E-state index contributed by atoms with van der Waals surface area (Å²) >= 11 is 0. The Bertz CT molecular complexity index is 823. The molecule has 2 aromatic rings. The zero-order chi connectivity index (χ0) is 20.8. The number of amides is 1. The van der Waals surface area contributed by atoms with Gasteiger partial charge in [0, 0.05) is 56.3 Å². The van der Waals surface area contributed by atoms with Crippen LogP contribution in [0, 0.1) is 13.8 Å². The van der Waals surface area contributed by atoms with Gasteiger partial charge in [-0.1, -0.05) is 12.1 Å². The highest BCUT2D eigenvalue weighted by Crippen LogP contribution is 2.23. The van der Waals surface area contributed by atoms with E-state index in [1.807, 2.05) is 6.07 Å². The molecule has 1 fully saturated rings. The van der Waals surface area contributed by atoms with Crippen molar-refractivity contribution in [3.05, 3.63) is 53.6 Å². The molecule has 1 amide bonds. The Balaban J connectivity index is 1.51. The van der Waals surface area contributed by atoms with Gasteiger partial charge in [-0.25, -0.2) is 0 Å². The van der Waals surface area contributed by atoms with Crippen molar-refractivity contribution >= 4 is 23.0 Å². The molecule has 1 aliphatic rings.